The van der Waals surface area contributed by atoms with E-state index in [4.69, 9.17) is 18.0 Å². The highest BCUT2D eigenvalue weighted by atomic mass is 32.1. The summed E-state index contributed by atoms with van der Waals surface area (Å²) in [4.78, 5) is 13.5. The monoisotopic (exact) mass is 326 g/mol. The minimum atomic E-state index is -0.549. The van der Waals surface area contributed by atoms with Crippen LogP contribution in [0.15, 0.2) is 0 Å². The van der Waals surface area contributed by atoms with E-state index in [-0.39, 0.29) is 5.91 Å². The van der Waals surface area contributed by atoms with E-state index in [1.807, 2.05) is 6.92 Å². The second kappa shape index (κ2) is 6.79. The molecule has 21 heavy (non-hydrogen) atoms. The average molecular weight is 326 g/mol. The van der Waals surface area contributed by atoms with Crippen LogP contribution in [0.3, 0.4) is 0 Å². The lowest BCUT2D eigenvalue weighted by Crippen LogP contribution is -2.58. The summed E-state index contributed by atoms with van der Waals surface area (Å²) in [5, 5.41) is 7.06. The van der Waals surface area contributed by atoms with Gasteiger partial charge in [-0.2, -0.15) is 0 Å². The van der Waals surface area contributed by atoms with Crippen LogP contribution < -0.4 is 11.1 Å². The van der Waals surface area contributed by atoms with E-state index in [0.717, 1.165) is 42.9 Å². The first-order valence-electron chi connectivity index (χ1n) is 7.46. The molecule has 1 heterocycles. The van der Waals surface area contributed by atoms with Gasteiger partial charge in [-0.1, -0.05) is 37.0 Å². The predicted octanol–water partition coefficient (Wildman–Crippen LogP) is 2.46. The molecule has 1 aromatic rings. The van der Waals surface area contributed by atoms with Crippen molar-refractivity contribution >= 4 is 34.6 Å². The zero-order valence-corrected chi connectivity index (χ0v) is 14.1. The van der Waals surface area contributed by atoms with Gasteiger partial charge in [0.05, 0.1) is 16.2 Å². The van der Waals surface area contributed by atoms with Crippen molar-refractivity contribution in [3.63, 3.8) is 0 Å². The molecule has 116 valence electrons. The molecule has 0 atom stereocenters. The first-order valence-corrected chi connectivity index (χ1v) is 8.64. The molecular weight excluding hydrogens is 304 g/mol. The van der Waals surface area contributed by atoms with Crippen LogP contribution in [0.4, 0.5) is 0 Å². The highest BCUT2D eigenvalue weighted by Crippen LogP contribution is 2.34. The number of aryl methyl sites for hydroxylation is 1. The van der Waals surface area contributed by atoms with Crippen molar-refractivity contribution in [2.75, 3.05) is 0 Å². The maximum absolute atomic E-state index is 12.5. The topological polar surface area (TPSA) is 80.9 Å². The third-order valence-corrected chi connectivity index (χ3v) is 5.62. The number of nitrogens with one attached hydrogen (secondary N) is 1. The van der Waals surface area contributed by atoms with Gasteiger partial charge in [0, 0.05) is 0 Å². The molecule has 0 spiro atoms. The normalized spacial score (nSPS) is 25.5. The van der Waals surface area contributed by atoms with Crippen LogP contribution in [0.2, 0.25) is 0 Å². The summed E-state index contributed by atoms with van der Waals surface area (Å²) >= 11 is 6.38. The number of nitrogens with zero attached hydrogens (tertiary/aromatic N) is 2. The van der Waals surface area contributed by atoms with Gasteiger partial charge in [0.25, 0.3) is 5.91 Å². The second-order valence-electron chi connectivity index (χ2n) is 5.65. The molecular formula is C14H22N4OS2. The highest BCUT2D eigenvalue weighted by molar-refractivity contribution is 7.80. The van der Waals surface area contributed by atoms with Crippen LogP contribution in [-0.4, -0.2) is 26.0 Å². The summed E-state index contributed by atoms with van der Waals surface area (Å²) in [6.45, 7) is 4.16. The number of carbonyl (C=O) groups is 1. The number of hydrogen-bond donors (Lipinski definition) is 2. The Kier molecular flexibility index (Phi) is 5.27. The molecule has 1 amide bonds. The van der Waals surface area contributed by atoms with Crippen molar-refractivity contribution in [1.82, 2.24) is 14.9 Å². The Morgan fingerprint density at radius 3 is 2.67 bits per heavy atom. The molecule has 2 rings (SSSR count). The zero-order chi connectivity index (χ0) is 15.5. The van der Waals surface area contributed by atoms with Crippen molar-refractivity contribution < 1.29 is 4.79 Å². The van der Waals surface area contributed by atoms with Gasteiger partial charge < -0.3 is 11.1 Å². The van der Waals surface area contributed by atoms with Crippen molar-refractivity contribution in [3.8, 4) is 0 Å². The summed E-state index contributed by atoms with van der Waals surface area (Å²) in [6, 6.07) is 0. The number of thiocarbonyl (C=S) groups is 1. The molecule has 1 saturated carbocycles. The van der Waals surface area contributed by atoms with Gasteiger partial charge in [-0.3, -0.25) is 4.79 Å². The van der Waals surface area contributed by atoms with Crippen LogP contribution in [0, 0.1) is 5.92 Å². The number of hydrogen-bond acceptors (Lipinski definition) is 5. The molecule has 1 aliphatic carbocycles. The van der Waals surface area contributed by atoms with Gasteiger partial charge >= 0.3 is 0 Å². The van der Waals surface area contributed by atoms with E-state index in [9.17, 15) is 4.79 Å². The van der Waals surface area contributed by atoms with Crippen molar-refractivity contribution in [3.05, 3.63) is 10.6 Å². The maximum atomic E-state index is 12.5. The first-order chi connectivity index (χ1) is 10.0. The highest BCUT2D eigenvalue weighted by Gasteiger charge is 2.39. The van der Waals surface area contributed by atoms with Crippen molar-refractivity contribution in [2.45, 2.75) is 57.9 Å². The molecule has 5 nitrogen and oxygen atoms in total. The van der Waals surface area contributed by atoms with Crippen LogP contribution in [0.1, 0.15) is 61.3 Å². The molecule has 0 aliphatic heterocycles. The Labute approximate surface area is 134 Å². The minimum Gasteiger partial charge on any atom is -0.391 e. The molecule has 0 aromatic carbocycles. The second-order valence-corrected chi connectivity index (χ2v) is 6.85. The predicted molar refractivity (Wildman–Crippen MR) is 88.5 cm³/mol. The van der Waals surface area contributed by atoms with E-state index in [2.05, 4.69) is 21.8 Å². The Morgan fingerprint density at radius 1 is 1.48 bits per heavy atom. The third-order valence-electron chi connectivity index (χ3n) is 4.46. The summed E-state index contributed by atoms with van der Waals surface area (Å²) < 4.78 is 3.87. The molecule has 1 aliphatic rings. The molecule has 0 saturated heterocycles. The molecule has 0 radical (unpaired) electrons. The smallest absolute Gasteiger partial charge is 0.265 e. The Morgan fingerprint density at radius 2 is 2.14 bits per heavy atom. The summed E-state index contributed by atoms with van der Waals surface area (Å²) in [6.07, 6.45) is 5.60. The Balaban J connectivity index is 2.14. The van der Waals surface area contributed by atoms with E-state index in [0.29, 0.717) is 22.2 Å². The summed E-state index contributed by atoms with van der Waals surface area (Å²) in [7, 11) is 0. The van der Waals surface area contributed by atoms with Gasteiger partial charge in [-0.05, 0) is 49.6 Å². The fourth-order valence-corrected chi connectivity index (χ4v) is 3.80. The van der Waals surface area contributed by atoms with E-state index < -0.39 is 5.54 Å². The number of aromatic nitrogens is 2. The van der Waals surface area contributed by atoms with Crippen molar-refractivity contribution in [1.29, 1.82) is 0 Å². The third kappa shape index (κ3) is 3.40. The summed E-state index contributed by atoms with van der Waals surface area (Å²) in [5.74, 6) is 0.560. The van der Waals surface area contributed by atoms with Crippen molar-refractivity contribution in [2.24, 2.45) is 11.7 Å². The summed E-state index contributed by atoms with van der Waals surface area (Å²) in [5.41, 5.74) is 6.14. The number of rotatable bonds is 5. The molecule has 1 aromatic heterocycles. The van der Waals surface area contributed by atoms with Crippen LogP contribution >= 0.6 is 23.8 Å². The Hall–Kier alpha value is -1.08. The molecule has 0 unspecified atom stereocenters. The maximum Gasteiger partial charge on any atom is 0.265 e. The van der Waals surface area contributed by atoms with Crippen LogP contribution in [0.25, 0.3) is 0 Å². The molecule has 0 bridgehead atoms. The first kappa shape index (κ1) is 16.3. The molecule has 3 N–H and O–H groups in total. The van der Waals surface area contributed by atoms with Gasteiger partial charge in [-0.15, -0.1) is 5.10 Å². The SMILES string of the molecule is CCc1nnsc1C(=O)NC1(C(N)=S)CCC(CC)CC1. The van der Waals surface area contributed by atoms with E-state index in [1.165, 1.54) is 6.42 Å². The number of carbonyl (C=O) groups excluding carboxylic acids is 1. The van der Waals surface area contributed by atoms with Gasteiger partial charge in [0.2, 0.25) is 0 Å². The zero-order valence-electron chi connectivity index (χ0n) is 12.5. The van der Waals surface area contributed by atoms with Gasteiger partial charge in [0.15, 0.2) is 0 Å². The fraction of sp³-hybridized carbons (Fsp3) is 0.714. The quantitative estimate of drug-likeness (QED) is 0.812. The van der Waals surface area contributed by atoms with E-state index >= 15 is 0 Å². The van der Waals surface area contributed by atoms with Crippen LogP contribution in [0.5, 0.6) is 0 Å². The van der Waals surface area contributed by atoms with Crippen LogP contribution in [-0.2, 0) is 6.42 Å². The molecule has 7 heteroatoms. The largest absolute Gasteiger partial charge is 0.391 e. The average Bonchev–Trinajstić information content (AvgIpc) is 2.96. The standard InChI is InChI=1S/C14H22N4OS2/c1-3-9-5-7-14(8-6-9,13(15)20)16-12(19)11-10(4-2)17-18-21-11/h9H,3-8H2,1-2H3,(H2,15,20)(H,16,19). The van der Waals surface area contributed by atoms with E-state index in [1.54, 1.807) is 0 Å². The number of amides is 1. The fourth-order valence-electron chi connectivity index (χ4n) is 2.90. The minimum absolute atomic E-state index is 0.149. The number of nitrogens with two attached hydrogens (primary N) is 1. The lowest BCUT2D eigenvalue weighted by molar-refractivity contribution is 0.0901. The van der Waals surface area contributed by atoms with Gasteiger partial charge in [0.1, 0.15) is 4.88 Å². The molecule has 1 fully saturated rings. The Bertz CT molecular complexity index is 521. The van der Waals surface area contributed by atoms with Gasteiger partial charge in [-0.25, -0.2) is 0 Å². The lowest BCUT2D eigenvalue weighted by Gasteiger charge is -2.39. The lowest BCUT2D eigenvalue weighted by atomic mass is 9.75.